The second-order valence-electron chi connectivity index (χ2n) is 5.98. The normalized spacial score (nSPS) is 10.2. The summed E-state index contributed by atoms with van der Waals surface area (Å²) in [7, 11) is 5.96. The summed E-state index contributed by atoms with van der Waals surface area (Å²) in [6.45, 7) is 2.69. The molecule has 8 heteroatoms. The van der Waals surface area contributed by atoms with E-state index in [1.807, 2.05) is 6.92 Å². The van der Waals surface area contributed by atoms with Gasteiger partial charge in [-0.15, -0.1) is 0 Å². The largest absolute Gasteiger partial charge is 0.497 e. The third-order valence-corrected chi connectivity index (χ3v) is 4.21. The highest BCUT2D eigenvalue weighted by Gasteiger charge is 2.21. The van der Waals surface area contributed by atoms with Crippen LogP contribution < -0.4 is 29.6 Å². The molecule has 0 radical (unpaired) electrons. The molecule has 0 bridgehead atoms. The zero-order valence-electron chi connectivity index (χ0n) is 17.3. The standard InChI is InChI=1S/C21H26N2O6/c1-6-22-12-19(24)23-16-11-14(26-2)7-8-15(16)20(25)13-9-17(27-3)21(29-5)18(10-13)28-4/h7-11,22H,6,12H2,1-5H3,(H,23,24). The van der Waals surface area contributed by atoms with Gasteiger partial charge in [0.05, 0.1) is 40.7 Å². The molecule has 0 aromatic heterocycles. The van der Waals surface area contributed by atoms with E-state index in [-0.39, 0.29) is 18.2 Å². The van der Waals surface area contributed by atoms with Crippen molar-refractivity contribution in [1.29, 1.82) is 0 Å². The van der Waals surface area contributed by atoms with E-state index in [2.05, 4.69) is 10.6 Å². The van der Waals surface area contributed by atoms with E-state index in [1.54, 1.807) is 30.3 Å². The maximum Gasteiger partial charge on any atom is 0.238 e. The fourth-order valence-electron chi connectivity index (χ4n) is 2.75. The van der Waals surface area contributed by atoms with Crippen molar-refractivity contribution >= 4 is 17.4 Å². The zero-order valence-corrected chi connectivity index (χ0v) is 17.3. The third kappa shape index (κ3) is 5.17. The number of hydrogen-bond acceptors (Lipinski definition) is 7. The molecule has 0 unspecified atom stereocenters. The minimum absolute atomic E-state index is 0.130. The molecule has 156 valence electrons. The summed E-state index contributed by atoms with van der Waals surface area (Å²) in [5.74, 6) is 1.05. The molecule has 0 aliphatic rings. The highest BCUT2D eigenvalue weighted by Crippen LogP contribution is 2.39. The van der Waals surface area contributed by atoms with E-state index in [9.17, 15) is 9.59 Å². The van der Waals surface area contributed by atoms with Crippen molar-refractivity contribution in [2.75, 3.05) is 46.8 Å². The van der Waals surface area contributed by atoms with Crippen LogP contribution in [0.5, 0.6) is 23.0 Å². The van der Waals surface area contributed by atoms with Crippen molar-refractivity contribution in [2.45, 2.75) is 6.92 Å². The summed E-state index contributed by atoms with van der Waals surface area (Å²) in [5, 5.41) is 5.71. The Labute approximate surface area is 170 Å². The van der Waals surface area contributed by atoms with Crippen molar-refractivity contribution < 1.29 is 28.5 Å². The summed E-state index contributed by atoms with van der Waals surface area (Å²) in [5.41, 5.74) is 0.989. The molecule has 2 aromatic carbocycles. The molecule has 0 heterocycles. The van der Waals surface area contributed by atoms with Gasteiger partial charge in [-0.3, -0.25) is 9.59 Å². The Balaban J connectivity index is 2.48. The van der Waals surface area contributed by atoms with Gasteiger partial charge < -0.3 is 29.6 Å². The number of carbonyl (C=O) groups is 2. The highest BCUT2D eigenvalue weighted by molar-refractivity contribution is 6.14. The van der Waals surface area contributed by atoms with E-state index in [0.717, 1.165) is 0 Å². The first kappa shape index (κ1) is 22.0. The Hall–Kier alpha value is -3.26. The lowest BCUT2D eigenvalue weighted by molar-refractivity contribution is -0.115. The number of amides is 1. The van der Waals surface area contributed by atoms with Crippen LogP contribution in [0.15, 0.2) is 30.3 Å². The smallest absolute Gasteiger partial charge is 0.238 e. The van der Waals surface area contributed by atoms with E-state index in [1.165, 1.54) is 28.4 Å². The van der Waals surface area contributed by atoms with E-state index in [0.29, 0.717) is 46.4 Å². The Morgan fingerprint density at radius 2 is 1.55 bits per heavy atom. The number of benzene rings is 2. The lowest BCUT2D eigenvalue weighted by Gasteiger charge is -2.15. The second-order valence-corrected chi connectivity index (χ2v) is 5.98. The molecule has 0 saturated carbocycles. The molecule has 0 aliphatic heterocycles. The van der Waals surface area contributed by atoms with Gasteiger partial charge in [-0.25, -0.2) is 0 Å². The minimum atomic E-state index is -0.314. The predicted octanol–water partition coefficient (Wildman–Crippen LogP) is 2.50. The first-order chi connectivity index (χ1) is 14.0. The lowest BCUT2D eigenvalue weighted by Crippen LogP contribution is -2.28. The SMILES string of the molecule is CCNCC(=O)Nc1cc(OC)ccc1C(=O)c1cc(OC)c(OC)c(OC)c1. The van der Waals surface area contributed by atoms with Crippen LogP contribution in [0.2, 0.25) is 0 Å². The number of methoxy groups -OCH3 is 4. The van der Waals surface area contributed by atoms with Crippen molar-refractivity contribution in [3.8, 4) is 23.0 Å². The number of rotatable bonds is 10. The topological polar surface area (TPSA) is 95.1 Å². The quantitative estimate of drug-likeness (QED) is 0.590. The number of ether oxygens (including phenoxy) is 4. The molecule has 1 amide bonds. The monoisotopic (exact) mass is 402 g/mol. The average molecular weight is 402 g/mol. The van der Waals surface area contributed by atoms with Gasteiger partial charge in [0.15, 0.2) is 17.3 Å². The van der Waals surface area contributed by atoms with Gasteiger partial charge in [0.2, 0.25) is 11.7 Å². The molecule has 2 N–H and O–H groups in total. The fraction of sp³-hybridized carbons (Fsp3) is 0.333. The van der Waals surface area contributed by atoms with Crippen LogP contribution in [0.1, 0.15) is 22.8 Å². The van der Waals surface area contributed by atoms with Crippen LogP contribution in [0, 0.1) is 0 Å². The summed E-state index contributed by atoms with van der Waals surface area (Å²) < 4.78 is 21.2. The van der Waals surface area contributed by atoms with Crippen LogP contribution in [-0.2, 0) is 4.79 Å². The van der Waals surface area contributed by atoms with Crippen LogP contribution in [0.4, 0.5) is 5.69 Å². The predicted molar refractivity (Wildman–Crippen MR) is 110 cm³/mol. The van der Waals surface area contributed by atoms with Crippen molar-refractivity contribution in [1.82, 2.24) is 5.32 Å². The average Bonchev–Trinajstić information content (AvgIpc) is 2.75. The van der Waals surface area contributed by atoms with Gasteiger partial charge in [0, 0.05) is 17.2 Å². The Kier molecular flexibility index (Phi) is 7.85. The van der Waals surface area contributed by atoms with Gasteiger partial charge in [-0.2, -0.15) is 0 Å². The minimum Gasteiger partial charge on any atom is -0.497 e. The molecule has 8 nitrogen and oxygen atoms in total. The summed E-state index contributed by atoms with van der Waals surface area (Å²) in [6, 6.07) is 8.00. The molecule has 0 spiro atoms. The molecule has 0 fully saturated rings. The van der Waals surface area contributed by atoms with Crippen molar-refractivity contribution in [3.05, 3.63) is 41.5 Å². The highest BCUT2D eigenvalue weighted by atomic mass is 16.5. The number of nitrogens with one attached hydrogen (secondary N) is 2. The summed E-state index contributed by atoms with van der Waals surface area (Å²) in [6.07, 6.45) is 0. The Morgan fingerprint density at radius 3 is 2.07 bits per heavy atom. The van der Waals surface area contributed by atoms with Crippen molar-refractivity contribution in [2.24, 2.45) is 0 Å². The van der Waals surface area contributed by atoms with E-state index < -0.39 is 0 Å². The van der Waals surface area contributed by atoms with Crippen LogP contribution in [-0.4, -0.2) is 53.2 Å². The van der Waals surface area contributed by atoms with E-state index in [4.69, 9.17) is 18.9 Å². The van der Waals surface area contributed by atoms with Gasteiger partial charge in [-0.05, 0) is 30.8 Å². The molecular weight excluding hydrogens is 376 g/mol. The maximum atomic E-state index is 13.2. The Bertz CT molecular complexity index is 856. The maximum absolute atomic E-state index is 13.2. The third-order valence-electron chi connectivity index (χ3n) is 4.21. The lowest BCUT2D eigenvalue weighted by atomic mass is 10.00. The first-order valence-corrected chi connectivity index (χ1v) is 9.02. The number of hydrogen-bond donors (Lipinski definition) is 2. The molecule has 0 saturated heterocycles. The summed E-state index contributed by atoms with van der Waals surface area (Å²) >= 11 is 0. The summed E-state index contributed by atoms with van der Waals surface area (Å²) in [4.78, 5) is 25.4. The van der Waals surface area contributed by atoms with Gasteiger partial charge in [-0.1, -0.05) is 6.92 Å². The number of likely N-dealkylation sites (N-methyl/N-ethyl adjacent to an activating group) is 1. The number of anilines is 1. The first-order valence-electron chi connectivity index (χ1n) is 9.02. The van der Waals surface area contributed by atoms with Crippen molar-refractivity contribution in [3.63, 3.8) is 0 Å². The van der Waals surface area contributed by atoms with Crippen LogP contribution in [0.25, 0.3) is 0 Å². The number of carbonyl (C=O) groups excluding carboxylic acids is 2. The molecule has 0 atom stereocenters. The fourth-order valence-corrected chi connectivity index (χ4v) is 2.75. The van der Waals surface area contributed by atoms with Gasteiger partial charge in [0.1, 0.15) is 5.75 Å². The molecule has 0 aliphatic carbocycles. The Morgan fingerprint density at radius 1 is 0.897 bits per heavy atom. The van der Waals surface area contributed by atoms with E-state index >= 15 is 0 Å². The van der Waals surface area contributed by atoms with Gasteiger partial charge in [0.25, 0.3) is 0 Å². The number of ketones is 1. The molecular formula is C21H26N2O6. The molecule has 2 aromatic rings. The van der Waals surface area contributed by atoms with Gasteiger partial charge >= 0.3 is 0 Å². The second kappa shape index (κ2) is 10.3. The van der Waals surface area contributed by atoms with Crippen LogP contribution in [0.3, 0.4) is 0 Å². The van der Waals surface area contributed by atoms with Crippen LogP contribution >= 0.6 is 0 Å². The molecule has 2 rings (SSSR count). The molecule has 29 heavy (non-hydrogen) atoms. The zero-order chi connectivity index (χ0) is 21.4.